The van der Waals surface area contributed by atoms with E-state index < -0.39 is 0 Å². The lowest BCUT2D eigenvalue weighted by Gasteiger charge is -2.17. The summed E-state index contributed by atoms with van der Waals surface area (Å²) >= 11 is 5.91. The highest BCUT2D eigenvalue weighted by Crippen LogP contribution is 2.18. The molecule has 16 heavy (non-hydrogen) atoms. The Balaban J connectivity index is 2.39. The topological polar surface area (TPSA) is 34.9 Å². The van der Waals surface area contributed by atoms with Crippen molar-refractivity contribution in [3.8, 4) is 0 Å². The summed E-state index contributed by atoms with van der Waals surface area (Å²) < 4.78 is 1.79. The molecule has 0 bridgehead atoms. The third-order valence-electron chi connectivity index (χ3n) is 3.03. The Kier molecular flexibility index (Phi) is 2.21. The second kappa shape index (κ2) is 3.59. The number of aryl methyl sites for hydroxylation is 1. The van der Waals surface area contributed by atoms with Crippen LogP contribution in [0, 0.1) is 0 Å². The zero-order valence-corrected chi connectivity index (χ0v) is 9.50. The summed E-state index contributed by atoms with van der Waals surface area (Å²) in [6.07, 6.45) is 3.06. The predicted molar refractivity (Wildman–Crippen MR) is 64.0 cm³/mol. The van der Waals surface area contributed by atoms with Crippen molar-refractivity contribution in [1.29, 1.82) is 0 Å². The van der Waals surface area contributed by atoms with Crippen molar-refractivity contribution in [3.63, 3.8) is 0 Å². The largest absolute Gasteiger partial charge is 0.296 e. The first-order chi connectivity index (χ1) is 7.75. The van der Waals surface area contributed by atoms with Crippen LogP contribution >= 0.6 is 11.6 Å². The maximum atomic E-state index is 12.2. The molecule has 3 rings (SSSR count). The number of halogens is 1. The Bertz CT molecular complexity index is 618. The van der Waals surface area contributed by atoms with Gasteiger partial charge in [-0.05, 0) is 31.0 Å². The van der Waals surface area contributed by atoms with E-state index in [4.69, 9.17) is 11.6 Å². The number of hydrogen-bond acceptors (Lipinski definition) is 2. The molecule has 0 atom stereocenters. The van der Waals surface area contributed by atoms with Crippen LogP contribution in [0.5, 0.6) is 0 Å². The normalized spacial score (nSPS) is 15.1. The van der Waals surface area contributed by atoms with Gasteiger partial charge in [0.2, 0.25) is 0 Å². The molecular weight excluding hydrogens is 224 g/mol. The molecule has 0 N–H and O–H groups in total. The molecule has 0 saturated heterocycles. The molecule has 0 amide bonds. The fourth-order valence-electron chi connectivity index (χ4n) is 2.21. The minimum absolute atomic E-state index is 0.0661. The van der Waals surface area contributed by atoms with E-state index >= 15 is 0 Å². The third kappa shape index (κ3) is 1.43. The number of nitrogens with zero attached hydrogens (tertiary/aromatic N) is 2. The Morgan fingerprint density at radius 2 is 2.19 bits per heavy atom. The molecule has 0 unspecified atom stereocenters. The SMILES string of the molecule is O=c1c2ccc(Cl)cc2nc2n1CCCC2. The van der Waals surface area contributed by atoms with E-state index in [0.29, 0.717) is 15.9 Å². The van der Waals surface area contributed by atoms with Gasteiger partial charge < -0.3 is 0 Å². The fraction of sp³-hybridized carbons (Fsp3) is 0.333. The highest BCUT2D eigenvalue weighted by molar-refractivity contribution is 6.31. The standard InChI is InChI=1S/C12H11ClN2O/c13-8-4-5-9-10(7-8)14-11-3-1-2-6-15(11)12(9)16/h4-5,7H,1-3,6H2. The van der Waals surface area contributed by atoms with Gasteiger partial charge in [-0.15, -0.1) is 0 Å². The van der Waals surface area contributed by atoms with Crippen LogP contribution in [0.4, 0.5) is 0 Å². The van der Waals surface area contributed by atoms with Crippen molar-refractivity contribution in [1.82, 2.24) is 9.55 Å². The number of hydrogen-bond donors (Lipinski definition) is 0. The minimum atomic E-state index is 0.0661. The summed E-state index contributed by atoms with van der Waals surface area (Å²) in [5, 5.41) is 1.29. The predicted octanol–water partition coefficient (Wildman–Crippen LogP) is 2.39. The summed E-state index contributed by atoms with van der Waals surface area (Å²) in [7, 11) is 0. The van der Waals surface area contributed by atoms with Gasteiger partial charge >= 0.3 is 0 Å². The van der Waals surface area contributed by atoms with Crippen molar-refractivity contribution in [2.24, 2.45) is 0 Å². The van der Waals surface area contributed by atoms with Crippen molar-refractivity contribution in [2.45, 2.75) is 25.8 Å². The Hall–Kier alpha value is -1.35. The molecule has 1 aliphatic rings. The van der Waals surface area contributed by atoms with Crippen LogP contribution in [-0.2, 0) is 13.0 Å². The molecule has 0 radical (unpaired) electrons. The van der Waals surface area contributed by atoms with E-state index in [1.54, 1.807) is 22.8 Å². The number of rotatable bonds is 0. The monoisotopic (exact) mass is 234 g/mol. The second-order valence-corrected chi connectivity index (χ2v) is 4.54. The van der Waals surface area contributed by atoms with Crippen molar-refractivity contribution in [3.05, 3.63) is 39.4 Å². The van der Waals surface area contributed by atoms with Gasteiger partial charge in [0.25, 0.3) is 5.56 Å². The van der Waals surface area contributed by atoms with Gasteiger partial charge in [0.15, 0.2) is 0 Å². The summed E-state index contributed by atoms with van der Waals surface area (Å²) in [5.74, 6) is 0.894. The molecule has 2 heterocycles. The molecule has 1 aromatic heterocycles. The van der Waals surface area contributed by atoms with Crippen LogP contribution < -0.4 is 5.56 Å². The molecular formula is C12H11ClN2O. The van der Waals surface area contributed by atoms with Crippen molar-refractivity contribution in [2.75, 3.05) is 0 Å². The molecule has 0 saturated carbocycles. The molecule has 82 valence electrons. The van der Waals surface area contributed by atoms with Crippen LogP contribution in [0.2, 0.25) is 5.02 Å². The van der Waals surface area contributed by atoms with E-state index in [-0.39, 0.29) is 5.56 Å². The van der Waals surface area contributed by atoms with Crippen LogP contribution in [0.15, 0.2) is 23.0 Å². The average molecular weight is 235 g/mol. The first-order valence-electron chi connectivity index (χ1n) is 5.45. The van der Waals surface area contributed by atoms with Crippen LogP contribution in [0.25, 0.3) is 10.9 Å². The molecule has 1 aliphatic heterocycles. The van der Waals surface area contributed by atoms with Crippen LogP contribution in [0.3, 0.4) is 0 Å². The third-order valence-corrected chi connectivity index (χ3v) is 3.26. The van der Waals surface area contributed by atoms with Gasteiger partial charge in [0, 0.05) is 18.0 Å². The number of fused-ring (bicyclic) bond motifs is 2. The lowest BCUT2D eigenvalue weighted by atomic mass is 10.1. The van der Waals surface area contributed by atoms with E-state index in [2.05, 4.69) is 4.98 Å². The summed E-state index contributed by atoms with van der Waals surface area (Å²) in [4.78, 5) is 16.7. The van der Waals surface area contributed by atoms with Gasteiger partial charge in [-0.25, -0.2) is 4.98 Å². The maximum absolute atomic E-state index is 12.2. The van der Waals surface area contributed by atoms with Gasteiger partial charge in [-0.3, -0.25) is 9.36 Å². The summed E-state index contributed by atoms with van der Waals surface area (Å²) in [6.45, 7) is 0.791. The van der Waals surface area contributed by atoms with Crippen LogP contribution in [0.1, 0.15) is 18.7 Å². The quantitative estimate of drug-likeness (QED) is 0.702. The first-order valence-corrected chi connectivity index (χ1v) is 5.82. The van der Waals surface area contributed by atoms with Gasteiger partial charge in [-0.1, -0.05) is 11.6 Å². The Morgan fingerprint density at radius 3 is 3.06 bits per heavy atom. The van der Waals surface area contributed by atoms with Gasteiger partial charge in [-0.2, -0.15) is 0 Å². The molecule has 0 fully saturated rings. The lowest BCUT2D eigenvalue weighted by molar-refractivity contribution is 0.501. The zero-order valence-electron chi connectivity index (χ0n) is 8.74. The highest BCUT2D eigenvalue weighted by Gasteiger charge is 2.14. The smallest absolute Gasteiger partial charge is 0.261 e. The number of aromatic nitrogens is 2. The second-order valence-electron chi connectivity index (χ2n) is 4.10. The van der Waals surface area contributed by atoms with E-state index in [1.807, 2.05) is 0 Å². The van der Waals surface area contributed by atoms with Crippen molar-refractivity contribution >= 4 is 22.5 Å². The minimum Gasteiger partial charge on any atom is -0.296 e. The summed E-state index contributed by atoms with van der Waals surface area (Å²) in [5.41, 5.74) is 0.780. The van der Waals surface area contributed by atoms with Crippen molar-refractivity contribution < 1.29 is 0 Å². The Morgan fingerprint density at radius 1 is 1.31 bits per heavy atom. The maximum Gasteiger partial charge on any atom is 0.261 e. The van der Waals surface area contributed by atoms with E-state index in [9.17, 15) is 4.79 Å². The molecule has 4 heteroatoms. The number of benzene rings is 1. The fourth-order valence-corrected chi connectivity index (χ4v) is 2.38. The van der Waals surface area contributed by atoms with E-state index in [1.165, 1.54) is 0 Å². The zero-order chi connectivity index (χ0) is 11.1. The molecule has 1 aromatic carbocycles. The molecule has 2 aromatic rings. The molecule has 0 spiro atoms. The van der Waals surface area contributed by atoms with Gasteiger partial charge in [0.1, 0.15) is 5.82 Å². The lowest BCUT2D eigenvalue weighted by Crippen LogP contribution is -2.28. The average Bonchev–Trinajstić information content (AvgIpc) is 2.29. The molecule has 3 nitrogen and oxygen atoms in total. The van der Waals surface area contributed by atoms with Gasteiger partial charge in [0.05, 0.1) is 10.9 Å². The Labute approximate surface area is 97.7 Å². The summed E-state index contributed by atoms with van der Waals surface area (Å²) in [6, 6.07) is 5.26. The highest BCUT2D eigenvalue weighted by atomic mass is 35.5. The van der Waals surface area contributed by atoms with E-state index in [0.717, 1.165) is 31.6 Å². The first kappa shape index (κ1) is 9.85. The van der Waals surface area contributed by atoms with Crippen LogP contribution in [-0.4, -0.2) is 9.55 Å². The molecule has 0 aliphatic carbocycles.